The number of nitrogens with zero attached hydrogens (tertiary/aromatic N) is 1. The number of Topliss-reactive ketones (excluding diaryl/α,β-unsaturated/α-hetero) is 1. The maximum Gasteiger partial charge on any atom is 0.311 e. The lowest BCUT2D eigenvalue weighted by atomic mass is 10.1. The first-order valence-corrected chi connectivity index (χ1v) is 9.46. The Morgan fingerprint density at radius 1 is 1.07 bits per heavy atom. The van der Waals surface area contributed by atoms with Crippen LogP contribution in [0.2, 0.25) is 5.02 Å². The maximum absolute atomic E-state index is 12.3. The third kappa shape index (κ3) is 5.15. The number of carbonyl (C=O) groups is 4. The predicted octanol–water partition coefficient (Wildman–Crippen LogP) is 2.27. The summed E-state index contributed by atoms with van der Waals surface area (Å²) < 4.78 is 10.1. The molecule has 1 aliphatic heterocycles. The Morgan fingerprint density at radius 2 is 1.70 bits per heavy atom. The molecule has 0 bridgehead atoms. The molecule has 0 aliphatic carbocycles. The van der Waals surface area contributed by atoms with Gasteiger partial charge in [0.05, 0.1) is 19.6 Å². The summed E-state index contributed by atoms with van der Waals surface area (Å²) in [6.07, 6.45) is -0.115. The molecule has 0 spiro atoms. The molecule has 156 valence electrons. The number of hydrogen-bond donors (Lipinski definition) is 1. The van der Waals surface area contributed by atoms with Crippen LogP contribution in [0.25, 0.3) is 0 Å². The van der Waals surface area contributed by atoms with Gasteiger partial charge in [0.2, 0.25) is 5.91 Å². The van der Waals surface area contributed by atoms with Crippen molar-refractivity contribution in [1.29, 1.82) is 0 Å². The molecular formula is C21H19ClN2O6. The number of hydrogen-bond acceptors (Lipinski definition) is 6. The second-order valence-electron chi connectivity index (χ2n) is 6.61. The molecule has 2 aromatic rings. The molecule has 3 rings (SSSR count). The van der Waals surface area contributed by atoms with E-state index < -0.39 is 30.3 Å². The summed E-state index contributed by atoms with van der Waals surface area (Å²) in [4.78, 5) is 48.8. The van der Waals surface area contributed by atoms with Crippen LogP contribution in [0.1, 0.15) is 27.1 Å². The molecule has 1 saturated heterocycles. The number of hydrazine groups is 1. The predicted molar refractivity (Wildman–Crippen MR) is 107 cm³/mol. The van der Waals surface area contributed by atoms with Gasteiger partial charge in [0.25, 0.3) is 5.91 Å². The van der Waals surface area contributed by atoms with Crippen LogP contribution in [0.5, 0.6) is 5.75 Å². The van der Waals surface area contributed by atoms with E-state index in [-0.39, 0.29) is 18.7 Å². The van der Waals surface area contributed by atoms with Crippen molar-refractivity contribution >= 4 is 35.2 Å². The number of ketones is 1. The molecular weight excluding hydrogens is 412 g/mol. The first-order valence-electron chi connectivity index (χ1n) is 9.08. The highest BCUT2D eigenvalue weighted by molar-refractivity contribution is 6.30. The average Bonchev–Trinajstić information content (AvgIpc) is 3.12. The van der Waals surface area contributed by atoms with E-state index in [9.17, 15) is 19.2 Å². The van der Waals surface area contributed by atoms with Gasteiger partial charge in [-0.05, 0) is 48.5 Å². The van der Waals surface area contributed by atoms with Gasteiger partial charge in [-0.25, -0.2) is 0 Å². The molecule has 1 aliphatic rings. The molecule has 9 heteroatoms. The smallest absolute Gasteiger partial charge is 0.311 e. The zero-order valence-electron chi connectivity index (χ0n) is 16.1. The quantitative estimate of drug-likeness (QED) is 0.534. The molecule has 0 radical (unpaired) electrons. The molecule has 1 fully saturated rings. The summed E-state index contributed by atoms with van der Waals surface area (Å²) in [5.74, 6) is -2.12. The summed E-state index contributed by atoms with van der Waals surface area (Å²) >= 11 is 5.79. The van der Waals surface area contributed by atoms with Crippen LogP contribution in [0.4, 0.5) is 0 Å². The van der Waals surface area contributed by atoms with Gasteiger partial charge in [0.15, 0.2) is 12.4 Å². The normalized spacial score (nSPS) is 15.6. The summed E-state index contributed by atoms with van der Waals surface area (Å²) in [6.45, 7) is -0.472. The molecule has 0 aromatic heterocycles. The van der Waals surface area contributed by atoms with Crippen molar-refractivity contribution in [3.05, 3.63) is 64.7 Å². The van der Waals surface area contributed by atoms with Crippen LogP contribution in [-0.2, 0) is 14.3 Å². The van der Waals surface area contributed by atoms with E-state index in [4.69, 9.17) is 21.1 Å². The largest absolute Gasteiger partial charge is 0.497 e. The van der Waals surface area contributed by atoms with Crippen LogP contribution < -0.4 is 10.2 Å². The SMILES string of the molecule is COc1ccc(C(=O)COC(=O)C2CC(=O)N(NC(=O)c3ccc(Cl)cc3)C2)cc1. The fraction of sp³-hybridized carbons (Fsp3) is 0.238. The zero-order valence-corrected chi connectivity index (χ0v) is 16.8. The van der Waals surface area contributed by atoms with Gasteiger partial charge in [-0.3, -0.25) is 29.6 Å². The van der Waals surface area contributed by atoms with Crippen LogP contribution in [-0.4, -0.2) is 48.8 Å². The standard InChI is InChI=1S/C21H19ClN2O6/c1-29-17-8-4-13(5-9-17)18(25)12-30-21(28)15-10-19(26)24(11-15)23-20(27)14-2-6-16(22)7-3-14/h2-9,15H,10-12H2,1H3,(H,23,27). The van der Waals surface area contributed by atoms with E-state index >= 15 is 0 Å². The van der Waals surface area contributed by atoms with E-state index in [1.54, 1.807) is 36.4 Å². The average molecular weight is 431 g/mol. The lowest BCUT2D eigenvalue weighted by Crippen LogP contribution is -2.43. The summed E-state index contributed by atoms with van der Waals surface area (Å²) in [5, 5.41) is 1.56. The lowest BCUT2D eigenvalue weighted by molar-refractivity contribution is -0.147. The highest BCUT2D eigenvalue weighted by atomic mass is 35.5. The summed E-state index contributed by atoms with van der Waals surface area (Å²) in [7, 11) is 1.52. The van der Waals surface area contributed by atoms with Gasteiger partial charge in [-0.15, -0.1) is 0 Å². The van der Waals surface area contributed by atoms with Crippen LogP contribution >= 0.6 is 11.6 Å². The monoisotopic (exact) mass is 430 g/mol. The van der Waals surface area contributed by atoms with Crippen LogP contribution in [0, 0.1) is 5.92 Å². The Hall–Kier alpha value is -3.39. The Morgan fingerprint density at radius 3 is 2.33 bits per heavy atom. The van der Waals surface area contributed by atoms with Crippen molar-refractivity contribution in [3.63, 3.8) is 0 Å². The summed E-state index contributed by atoms with van der Waals surface area (Å²) in [6, 6.07) is 12.6. The first kappa shape index (κ1) is 21.3. The number of carbonyl (C=O) groups excluding carboxylic acids is 4. The van der Waals surface area contributed by atoms with Crippen molar-refractivity contribution in [3.8, 4) is 5.75 Å². The summed E-state index contributed by atoms with van der Waals surface area (Å²) in [5.41, 5.74) is 3.17. The van der Waals surface area contributed by atoms with Gasteiger partial charge < -0.3 is 9.47 Å². The van der Waals surface area contributed by atoms with Crippen LogP contribution in [0.15, 0.2) is 48.5 Å². The second-order valence-corrected chi connectivity index (χ2v) is 7.05. The number of halogens is 1. The Labute approximate surface area is 177 Å². The van der Waals surface area contributed by atoms with Crippen molar-refractivity contribution < 1.29 is 28.7 Å². The number of methoxy groups -OCH3 is 1. The Kier molecular flexibility index (Phi) is 6.68. The highest BCUT2D eigenvalue weighted by Gasteiger charge is 2.36. The second kappa shape index (κ2) is 9.41. The number of ether oxygens (including phenoxy) is 2. The Bertz CT molecular complexity index is 958. The first-order chi connectivity index (χ1) is 14.4. The van der Waals surface area contributed by atoms with E-state index in [1.165, 1.54) is 19.2 Å². The van der Waals surface area contributed by atoms with Crippen LogP contribution in [0.3, 0.4) is 0 Å². The minimum absolute atomic E-state index is 0.0340. The van der Waals surface area contributed by atoms with Gasteiger partial charge in [0.1, 0.15) is 5.75 Å². The molecule has 1 N–H and O–H groups in total. The van der Waals surface area contributed by atoms with Crippen molar-refractivity contribution in [2.24, 2.45) is 5.92 Å². The molecule has 2 aromatic carbocycles. The Balaban J connectivity index is 1.51. The minimum Gasteiger partial charge on any atom is -0.497 e. The van der Waals surface area contributed by atoms with E-state index in [0.29, 0.717) is 21.9 Å². The van der Waals surface area contributed by atoms with Gasteiger partial charge in [-0.1, -0.05) is 11.6 Å². The molecule has 1 unspecified atom stereocenters. The number of esters is 1. The van der Waals surface area contributed by atoms with Gasteiger partial charge in [0, 0.05) is 22.6 Å². The van der Waals surface area contributed by atoms with Crippen molar-refractivity contribution in [1.82, 2.24) is 10.4 Å². The molecule has 2 amide bonds. The molecule has 1 atom stereocenters. The molecule has 8 nitrogen and oxygen atoms in total. The topological polar surface area (TPSA) is 102 Å². The van der Waals surface area contributed by atoms with Gasteiger partial charge in [-0.2, -0.15) is 0 Å². The number of amides is 2. The van der Waals surface area contributed by atoms with E-state index in [0.717, 1.165) is 5.01 Å². The molecule has 1 heterocycles. The fourth-order valence-electron chi connectivity index (χ4n) is 2.88. The third-order valence-electron chi connectivity index (χ3n) is 4.56. The van der Waals surface area contributed by atoms with E-state index in [2.05, 4.69) is 5.43 Å². The highest BCUT2D eigenvalue weighted by Crippen LogP contribution is 2.19. The van der Waals surface area contributed by atoms with Crippen molar-refractivity contribution in [2.75, 3.05) is 20.3 Å². The van der Waals surface area contributed by atoms with Gasteiger partial charge >= 0.3 is 5.97 Å². The number of benzene rings is 2. The number of rotatable bonds is 7. The number of nitrogens with one attached hydrogen (secondary N) is 1. The molecule has 0 saturated carbocycles. The maximum atomic E-state index is 12.3. The third-order valence-corrected chi connectivity index (χ3v) is 4.81. The minimum atomic E-state index is -0.772. The van der Waals surface area contributed by atoms with E-state index in [1.807, 2.05) is 0 Å². The fourth-order valence-corrected chi connectivity index (χ4v) is 3.00. The molecule has 30 heavy (non-hydrogen) atoms. The lowest BCUT2D eigenvalue weighted by Gasteiger charge is -2.17. The van der Waals surface area contributed by atoms with Crippen molar-refractivity contribution in [2.45, 2.75) is 6.42 Å². The zero-order chi connectivity index (χ0) is 21.7.